The third-order valence-corrected chi connectivity index (χ3v) is 5.48. The van der Waals surface area contributed by atoms with Gasteiger partial charge in [0.15, 0.2) is 5.78 Å². The predicted octanol–water partition coefficient (Wildman–Crippen LogP) is 3.39. The molecule has 4 rings (SSSR count). The number of carbonyl (C=O) groups is 2. The van der Waals surface area contributed by atoms with Gasteiger partial charge in [-0.2, -0.15) is 0 Å². The number of carbonyl (C=O) groups excluding carboxylic acids is 2. The van der Waals surface area contributed by atoms with E-state index >= 15 is 0 Å². The van der Waals surface area contributed by atoms with E-state index in [-0.39, 0.29) is 36.5 Å². The van der Waals surface area contributed by atoms with Crippen LogP contribution >= 0.6 is 0 Å². The molecule has 2 atom stereocenters. The largest absolute Gasteiger partial charge is 0.445 e. The first-order chi connectivity index (χ1) is 13.6. The lowest BCUT2D eigenvalue weighted by Crippen LogP contribution is -2.60. The van der Waals surface area contributed by atoms with Crippen molar-refractivity contribution in [3.05, 3.63) is 65.5 Å². The van der Waals surface area contributed by atoms with Gasteiger partial charge in [0, 0.05) is 12.1 Å². The lowest BCUT2D eigenvalue weighted by atomic mass is 9.81. The molecular formula is C22H24N2O4. The van der Waals surface area contributed by atoms with Crippen molar-refractivity contribution in [3.63, 3.8) is 0 Å². The molecule has 3 heterocycles. The number of piperidine rings is 1. The van der Waals surface area contributed by atoms with E-state index in [2.05, 4.69) is 4.98 Å². The number of aromatic nitrogens is 1. The summed E-state index contributed by atoms with van der Waals surface area (Å²) in [6.07, 6.45) is 2.49. The van der Waals surface area contributed by atoms with Crippen molar-refractivity contribution in [2.24, 2.45) is 5.92 Å². The molecule has 1 aromatic carbocycles. The smallest absolute Gasteiger partial charge is 0.410 e. The van der Waals surface area contributed by atoms with Crippen molar-refractivity contribution in [2.45, 2.75) is 38.5 Å². The van der Waals surface area contributed by atoms with E-state index in [4.69, 9.17) is 9.47 Å². The van der Waals surface area contributed by atoms with Crippen LogP contribution in [0.15, 0.2) is 48.7 Å². The Balaban J connectivity index is 1.43. The average molecular weight is 380 g/mol. The zero-order valence-electron chi connectivity index (χ0n) is 15.9. The van der Waals surface area contributed by atoms with E-state index in [9.17, 15) is 9.59 Å². The second kappa shape index (κ2) is 8.10. The van der Waals surface area contributed by atoms with Crippen LogP contribution in [-0.2, 0) is 16.1 Å². The number of amides is 1. The molecule has 0 spiro atoms. The van der Waals surface area contributed by atoms with E-state index in [0.29, 0.717) is 31.7 Å². The van der Waals surface area contributed by atoms with Crippen molar-refractivity contribution < 1.29 is 19.1 Å². The standard InChI is InChI=1S/C22H24N2O4/c1-15-7-8-23-20(9-15)21(25)17-10-18-13-27-14-19(11-17)24(18)22(26)28-12-16-5-3-2-4-6-16/h2-9,17-19H,10-14H2,1H3. The number of aryl methyl sites for hydroxylation is 1. The van der Waals surface area contributed by atoms with Crippen LogP contribution < -0.4 is 0 Å². The first kappa shape index (κ1) is 18.6. The normalized spacial score (nSPS) is 23.9. The van der Waals surface area contributed by atoms with Gasteiger partial charge < -0.3 is 9.47 Å². The highest BCUT2D eigenvalue weighted by atomic mass is 16.6. The molecule has 2 aromatic rings. The number of ether oxygens (including phenoxy) is 2. The lowest BCUT2D eigenvalue weighted by molar-refractivity contribution is -0.0755. The van der Waals surface area contributed by atoms with E-state index in [0.717, 1.165) is 11.1 Å². The van der Waals surface area contributed by atoms with Crippen molar-refractivity contribution in [2.75, 3.05) is 13.2 Å². The minimum Gasteiger partial charge on any atom is -0.445 e. The number of pyridine rings is 1. The number of morpholine rings is 1. The van der Waals surface area contributed by atoms with Crippen molar-refractivity contribution in [3.8, 4) is 0 Å². The number of hydrogen-bond donors (Lipinski definition) is 0. The van der Waals surface area contributed by atoms with Crippen LogP contribution in [0.5, 0.6) is 0 Å². The van der Waals surface area contributed by atoms with Crippen LogP contribution in [0.2, 0.25) is 0 Å². The predicted molar refractivity (Wildman–Crippen MR) is 103 cm³/mol. The Morgan fingerprint density at radius 2 is 1.86 bits per heavy atom. The van der Waals surface area contributed by atoms with Gasteiger partial charge in [0.25, 0.3) is 0 Å². The molecule has 0 aliphatic carbocycles. The maximum absolute atomic E-state index is 12.9. The monoisotopic (exact) mass is 380 g/mol. The van der Waals surface area contributed by atoms with Gasteiger partial charge in [-0.25, -0.2) is 4.79 Å². The summed E-state index contributed by atoms with van der Waals surface area (Å²) < 4.78 is 11.2. The molecular weight excluding hydrogens is 356 g/mol. The van der Waals surface area contributed by atoms with Crippen LogP contribution in [0, 0.1) is 12.8 Å². The molecule has 2 saturated heterocycles. The van der Waals surface area contributed by atoms with Crippen LogP contribution in [0.25, 0.3) is 0 Å². The summed E-state index contributed by atoms with van der Waals surface area (Å²) in [5.74, 6) is -0.0933. The third kappa shape index (κ3) is 3.92. The quantitative estimate of drug-likeness (QED) is 0.761. The Morgan fingerprint density at radius 1 is 1.14 bits per heavy atom. The third-order valence-electron chi connectivity index (χ3n) is 5.48. The molecule has 1 aromatic heterocycles. The summed E-state index contributed by atoms with van der Waals surface area (Å²) >= 11 is 0. The average Bonchev–Trinajstić information content (AvgIpc) is 2.71. The van der Waals surface area contributed by atoms with Crippen molar-refractivity contribution in [1.29, 1.82) is 0 Å². The summed E-state index contributed by atoms with van der Waals surface area (Å²) in [4.78, 5) is 31.7. The minimum absolute atomic E-state index is 0.0536. The van der Waals surface area contributed by atoms with Crippen molar-refractivity contribution >= 4 is 11.9 Å². The summed E-state index contributed by atoms with van der Waals surface area (Å²) in [6.45, 7) is 3.06. The number of fused-ring (bicyclic) bond motifs is 2. The second-order valence-corrected chi connectivity index (χ2v) is 7.54. The number of hydrogen-bond acceptors (Lipinski definition) is 5. The fourth-order valence-corrected chi connectivity index (χ4v) is 4.10. The Bertz CT molecular complexity index is 841. The van der Waals surface area contributed by atoms with Gasteiger partial charge in [-0.15, -0.1) is 0 Å². The van der Waals surface area contributed by atoms with E-state index in [1.165, 1.54) is 0 Å². The van der Waals surface area contributed by atoms with Crippen LogP contribution in [0.3, 0.4) is 0 Å². The van der Waals surface area contributed by atoms with Gasteiger partial charge in [-0.05, 0) is 43.0 Å². The van der Waals surface area contributed by atoms with Crippen molar-refractivity contribution in [1.82, 2.24) is 9.88 Å². The molecule has 6 heteroatoms. The number of ketones is 1. The minimum atomic E-state index is -0.332. The van der Waals surface area contributed by atoms with E-state index in [1.54, 1.807) is 11.1 Å². The molecule has 2 aliphatic rings. The number of rotatable bonds is 4. The van der Waals surface area contributed by atoms with Gasteiger partial charge >= 0.3 is 6.09 Å². The molecule has 2 unspecified atom stereocenters. The summed E-state index contributed by atoms with van der Waals surface area (Å²) in [6, 6.07) is 13.0. The van der Waals surface area contributed by atoms with E-state index in [1.807, 2.05) is 49.4 Å². The maximum Gasteiger partial charge on any atom is 0.410 e. The highest BCUT2D eigenvalue weighted by molar-refractivity contribution is 5.96. The molecule has 28 heavy (non-hydrogen) atoms. The molecule has 0 N–H and O–H groups in total. The van der Waals surface area contributed by atoms with Gasteiger partial charge in [0.05, 0.1) is 25.3 Å². The van der Waals surface area contributed by atoms with Gasteiger partial charge in [0.1, 0.15) is 12.3 Å². The maximum atomic E-state index is 12.9. The van der Waals surface area contributed by atoms with Crippen LogP contribution in [-0.4, -0.2) is 47.1 Å². The molecule has 6 nitrogen and oxygen atoms in total. The first-order valence-corrected chi connectivity index (χ1v) is 9.65. The van der Waals surface area contributed by atoms with E-state index < -0.39 is 0 Å². The summed E-state index contributed by atoms with van der Waals surface area (Å²) in [7, 11) is 0. The Hall–Kier alpha value is -2.73. The first-order valence-electron chi connectivity index (χ1n) is 9.65. The molecule has 0 saturated carbocycles. The molecule has 0 radical (unpaired) electrons. The van der Waals surface area contributed by atoms with Crippen LogP contribution in [0.1, 0.15) is 34.5 Å². The molecule has 146 valence electrons. The number of nitrogens with zero attached hydrogens (tertiary/aromatic N) is 2. The fraction of sp³-hybridized carbons (Fsp3) is 0.409. The SMILES string of the molecule is Cc1ccnc(C(=O)C2CC3COCC(C2)N3C(=O)OCc2ccccc2)c1. The highest BCUT2D eigenvalue weighted by Crippen LogP contribution is 2.34. The van der Waals surface area contributed by atoms with Gasteiger partial charge in [-0.3, -0.25) is 14.7 Å². The lowest BCUT2D eigenvalue weighted by Gasteiger charge is -2.47. The Labute approximate surface area is 164 Å². The molecule has 2 aliphatic heterocycles. The van der Waals surface area contributed by atoms with Crippen LogP contribution in [0.4, 0.5) is 4.79 Å². The molecule has 2 bridgehead atoms. The number of benzene rings is 1. The Kier molecular flexibility index (Phi) is 5.39. The molecule has 1 amide bonds. The fourth-order valence-electron chi connectivity index (χ4n) is 4.10. The van der Waals surface area contributed by atoms with Gasteiger partial charge in [0.2, 0.25) is 0 Å². The summed E-state index contributed by atoms with van der Waals surface area (Å²) in [5.41, 5.74) is 2.47. The number of Topliss-reactive ketones (excluding diaryl/α,β-unsaturated/α-hetero) is 1. The topological polar surface area (TPSA) is 68.7 Å². The highest BCUT2D eigenvalue weighted by Gasteiger charge is 2.44. The summed E-state index contributed by atoms with van der Waals surface area (Å²) in [5, 5.41) is 0. The zero-order valence-corrected chi connectivity index (χ0v) is 15.9. The Morgan fingerprint density at radius 3 is 2.54 bits per heavy atom. The second-order valence-electron chi connectivity index (χ2n) is 7.54. The molecule has 2 fully saturated rings. The van der Waals surface area contributed by atoms with Gasteiger partial charge in [-0.1, -0.05) is 30.3 Å². The zero-order chi connectivity index (χ0) is 19.5.